The van der Waals surface area contributed by atoms with Crippen LogP contribution in [0.4, 0.5) is 8.78 Å². The Kier molecular flexibility index (Phi) is 5.90. The maximum absolute atomic E-state index is 12.8. The second kappa shape index (κ2) is 8.19. The zero-order valence-electron chi connectivity index (χ0n) is 15.0. The minimum absolute atomic E-state index is 0. The van der Waals surface area contributed by atoms with E-state index in [2.05, 4.69) is 20.3 Å². The summed E-state index contributed by atoms with van der Waals surface area (Å²) in [5.74, 6) is 0.390. The fourth-order valence-corrected chi connectivity index (χ4v) is 3.20. The van der Waals surface area contributed by atoms with Crippen LogP contribution in [0, 0.1) is 0 Å². The van der Waals surface area contributed by atoms with Crippen LogP contribution in [0.5, 0.6) is 17.2 Å². The van der Waals surface area contributed by atoms with E-state index in [4.69, 9.17) is 9.47 Å². The van der Waals surface area contributed by atoms with E-state index in [9.17, 15) is 13.6 Å². The minimum atomic E-state index is -2.99. The van der Waals surface area contributed by atoms with E-state index >= 15 is 0 Å². The second-order valence-corrected chi connectivity index (χ2v) is 6.31. The molecule has 0 atom stereocenters. The first-order valence-corrected chi connectivity index (χ1v) is 8.42. The van der Waals surface area contributed by atoms with E-state index in [0.29, 0.717) is 29.3 Å². The van der Waals surface area contributed by atoms with E-state index in [1.807, 2.05) is 0 Å². The van der Waals surface area contributed by atoms with Crippen molar-refractivity contribution in [1.82, 2.24) is 20.4 Å². The number of carbonyl (C=O) groups excluding carboxylic acids is 1. The molecule has 28 heavy (non-hydrogen) atoms. The zero-order valence-corrected chi connectivity index (χ0v) is 15.8. The Labute approximate surface area is 165 Å². The van der Waals surface area contributed by atoms with Crippen molar-refractivity contribution in [1.29, 1.82) is 0 Å². The van der Waals surface area contributed by atoms with Crippen LogP contribution in [0.1, 0.15) is 27.3 Å². The Morgan fingerprint density at radius 3 is 2.86 bits per heavy atom. The number of aromatic amines is 1. The summed E-state index contributed by atoms with van der Waals surface area (Å²) in [5.41, 5.74) is 2.50. The SMILES string of the molecule is CN(Cc1cc2c(cc1OC(F)F)OCO2)C(=O)c1n[nH]c2c1CNCC2.Cl. The lowest BCUT2D eigenvalue weighted by Crippen LogP contribution is -2.30. The average molecular weight is 417 g/mol. The van der Waals surface area contributed by atoms with Crippen molar-refractivity contribution in [2.45, 2.75) is 26.1 Å². The van der Waals surface area contributed by atoms with E-state index in [1.54, 1.807) is 13.1 Å². The summed E-state index contributed by atoms with van der Waals surface area (Å²) < 4.78 is 40.6. The van der Waals surface area contributed by atoms with Crippen LogP contribution in [0.25, 0.3) is 0 Å². The minimum Gasteiger partial charge on any atom is -0.454 e. The molecular formula is C17H19ClF2N4O4. The second-order valence-electron chi connectivity index (χ2n) is 6.31. The van der Waals surface area contributed by atoms with Gasteiger partial charge in [-0.25, -0.2) is 0 Å². The number of hydrogen-bond donors (Lipinski definition) is 2. The van der Waals surface area contributed by atoms with E-state index in [1.165, 1.54) is 11.0 Å². The van der Waals surface area contributed by atoms with Crippen molar-refractivity contribution in [3.05, 3.63) is 34.6 Å². The summed E-state index contributed by atoms with van der Waals surface area (Å²) in [5, 5.41) is 10.2. The molecule has 4 rings (SSSR count). The predicted octanol–water partition coefficient (Wildman–Crippen LogP) is 2.08. The Hall–Kier alpha value is -2.59. The summed E-state index contributed by atoms with van der Waals surface area (Å²) in [4.78, 5) is 14.2. The van der Waals surface area contributed by atoms with Crippen molar-refractivity contribution in [2.75, 3.05) is 20.4 Å². The molecule has 0 saturated carbocycles. The zero-order chi connectivity index (χ0) is 19.0. The van der Waals surface area contributed by atoms with E-state index in [-0.39, 0.29) is 37.4 Å². The maximum atomic E-state index is 12.8. The summed E-state index contributed by atoms with van der Waals surface area (Å²) in [6.07, 6.45) is 0.772. The van der Waals surface area contributed by atoms with Gasteiger partial charge in [-0.2, -0.15) is 13.9 Å². The van der Waals surface area contributed by atoms with Gasteiger partial charge in [0.05, 0.1) is 0 Å². The summed E-state index contributed by atoms with van der Waals surface area (Å²) in [7, 11) is 1.58. The number of ether oxygens (including phenoxy) is 3. The molecule has 1 aromatic heterocycles. The topological polar surface area (TPSA) is 88.7 Å². The molecule has 152 valence electrons. The molecule has 0 bridgehead atoms. The molecule has 3 heterocycles. The van der Waals surface area contributed by atoms with E-state index < -0.39 is 6.61 Å². The number of hydrogen-bond acceptors (Lipinski definition) is 6. The molecule has 0 unspecified atom stereocenters. The van der Waals surface area contributed by atoms with Crippen molar-refractivity contribution in [2.24, 2.45) is 0 Å². The van der Waals surface area contributed by atoms with Crippen LogP contribution in [0.2, 0.25) is 0 Å². The quantitative estimate of drug-likeness (QED) is 0.776. The maximum Gasteiger partial charge on any atom is 0.387 e. The molecule has 0 fully saturated rings. The van der Waals surface area contributed by atoms with Crippen molar-refractivity contribution < 1.29 is 27.8 Å². The van der Waals surface area contributed by atoms with Gasteiger partial charge in [0.25, 0.3) is 5.91 Å². The average Bonchev–Trinajstić information content (AvgIpc) is 3.27. The third-order valence-corrected chi connectivity index (χ3v) is 4.53. The highest BCUT2D eigenvalue weighted by Gasteiger charge is 2.26. The first kappa shape index (κ1) is 20.2. The normalized spacial score (nSPS) is 14.4. The third kappa shape index (κ3) is 3.83. The van der Waals surface area contributed by atoms with Gasteiger partial charge in [-0.05, 0) is 6.07 Å². The molecule has 0 radical (unpaired) electrons. The number of fused-ring (bicyclic) bond motifs is 2. The summed E-state index contributed by atoms with van der Waals surface area (Å²) >= 11 is 0. The van der Waals surface area contributed by atoms with Gasteiger partial charge in [0.2, 0.25) is 6.79 Å². The van der Waals surface area contributed by atoms with Crippen LogP contribution in [0.15, 0.2) is 12.1 Å². The van der Waals surface area contributed by atoms with Gasteiger partial charge < -0.3 is 24.4 Å². The number of amides is 1. The molecule has 2 aromatic rings. The Morgan fingerprint density at radius 1 is 1.36 bits per heavy atom. The Bertz CT molecular complexity index is 877. The number of benzene rings is 1. The number of rotatable bonds is 5. The van der Waals surface area contributed by atoms with Crippen LogP contribution in [-0.4, -0.2) is 48.0 Å². The molecule has 2 N–H and O–H groups in total. The fourth-order valence-electron chi connectivity index (χ4n) is 3.20. The first-order valence-electron chi connectivity index (χ1n) is 8.42. The highest BCUT2D eigenvalue weighted by molar-refractivity contribution is 5.94. The number of aromatic nitrogens is 2. The number of halogens is 3. The van der Waals surface area contributed by atoms with Crippen LogP contribution in [0.3, 0.4) is 0 Å². The summed E-state index contributed by atoms with van der Waals surface area (Å²) in [6, 6.07) is 2.90. The van der Waals surface area contributed by atoms with Gasteiger partial charge in [-0.3, -0.25) is 9.89 Å². The molecule has 2 aliphatic heterocycles. The van der Waals surface area contributed by atoms with Gasteiger partial charge in [0.1, 0.15) is 5.75 Å². The molecule has 1 amide bonds. The Morgan fingerprint density at radius 2 is 2.11 bits per heavy atom. The smallest absolute Gasteiger partial charge is 0.387 e. The van der Waals surface area contributed by atoms with Gasteiger partial charge in [0, 0.05) is 56.0 Å². The third-order valence-electron chi connectivity index (χ3n) is 4.53. The lowest BCUT2D eigenvalue weighted by molar-refractivity contribution is -0.0507. The number of alkyl halides is 2. The largest absolute Gasteiger partial charge is 0.454 e. The number of nitrogens with one attached hydrogen (secondary N) is 2. The van der Waals surface area contributed by atoms with Crippen molar-refractivity contribution >= 4 is 18.3 Å². The van der Waals surface area contributed by atoms with Crippen molar-refractivity contribution in [3.8, 4) is 17.2 Å². The first-order chi connectivity index (χ1) is 13.0. The number of nitrogens with zero attached hydrogens (tertiary/aromatic N) is 2. The molecule has 8 nitrogen and oxygen atoms in total. The molecular weight excluding hydrogens is 398 g/mol. The molecule has 2 aliphatic rings. The Balaban J connectivity index is 0.00000225. The van der Waals surface area contributed by atoms with Crippen LogP contribution in [-0.2, 0) is 19.5 Å². The van der Waals surface area contributed by atoms with E-state index in [0.717, 1.165) is 24.2 Å². The molecule has 0 aliphatic carbocycles. The van der Waals surface area contributed by atoms with Crippen LogP contribution < -0.4 is 19.5 Å². The number of H-pyrrole nitrogens is 1. The number of carbonyl (C=O) groups is 1. The highest BCUT2D eigenvalue weighted by Crippen LogP contribution is 2.39. The molecule has 11 heteroatoms. The predicted molar refractivity (Wildman–Crippen MR) is 96.2 cm³/mol. The highest BCUT2D eigenvalue weighted by atomic mass is 35.5. The lowest BCUT2D eigenvalue weighted by atomic mass is 10.1. The van der Waals surface area contributed by atoms with Gasteiger partial charge in [-0.1, -0.05) is 0 Å². The van der Waals surface area contributed by atoms with Gasteiger partial charge in [-0.15, -0.1) is 12.4 Å². The van der Waals surface area contributed by atoms with Crippen LogP contribution >= 0.6 is 12.4 Å². The summed E-state index contributed by atoms with van der Waals surface area (Å²) in [6.45, 7) is -1.55. The molecule has 1 aromatic carbocycles. The molecule has 0 saturated heterocycles. The molecule has 0 spiro atoms. The fraction of sp³-hybridized carbons (Fsp3) is 0.412. The van der Waals surface area contributed by atoms with Crippen molar-refractivity contribution in [3.63, 3.8) is 0 Å². The van der Waals surface area contributed by atoms with Gasteiger partial charge in [0.15, 0.2) is 17.2 Å². The van der Waals surface area contributed by atoms with Gasteiger partial charge >= 0.3 is 6.61 Å². The monoisotopic (exact) mass is 416 g/mol. The standard InChI is InChI=1S/C17H18F2N4O4.ClH/c1-23(16(24)15-10-6-20-3-2-11(10)21-22-15)7-9-4-13-14(26-8-25-13)5-12(9)27-17(18)19;/h4-5,17,20H,2-3,6-8H2,1H3,(H,21,22);1H. The lowest BCUT2D eigenvalue weighted by Gasteiger charge is -2.20.